The van der Waals surface area contributed by atoms with Crippen molar-refractivity contribution in [3.8, 4) is 28.3 Å². The molecule has 40 heavy (non-hydrogen) atoms. The van der Waals surface area contributed by atoms with Gasteiger partial charge in [-0.2, -0.15) is 5.21 Å². The maximum atomic E-state index is 13.9. The van der Waals surface area contributed by atoms with E-state index >= 15 is 0 Å². The first-order valence-electron chi connectivity index (χ1n) is 13.3. The fourth-order valence-corrected chi connectivity index (χ4v) is 4.92. The van der Waals surface area contributed by atoms with Crippen molar-refractivity contribution in [1.29, 1.82) is 0 Å². The van der Waals surface area contributed by atoms with E-state index in [4.69, 9.17) is 4.98 Å². The van der Waals surface area contributed by atoms with Crippen molar-refractivity contribution in [2.75, 3.05) is 0 Å². The summed E-state index contributed by atoms with van der Waals surface area (Å²) in [6.45, 7) is 6.41. The standard InChI is InChI=1S/C30H31N7O3/c1-4-5-9-21-18-37(27-22(19(2)3)12-8-13-25(27)29(38)39)30(40)36(21)17-20-14-15-26(31-16-20)23-10-6-7-11-24(23)28-32-34-35-33-28/h6-8,10-16,18-19H,4-5,9,17H2,1-3H3,(H,38,39)(H,32,33,34,35). The molecule has 5 aromatic rings. The van der Waals surface area contributed by atoms with Gasteiger partial charge in [-0.05, 0) is 47.2 Å². The molecule has 0 radical (unpaired) electrons. The first-order valence-corrected chi connectivity index (χ1v) is 13.3. The average molecular weight is 538 g/mol. The van der Waals surface area contributed by atoms with Crippen LogP contribution in [0, 0.1) is 0 Å². The average Bonchev–Trinajstić information content (AvgIpc) is 3.61. The Morgan fingerprint density at radius 1 is 1.05 bits per heavy atom. The van der Waals surface area contributed by atoms with E-state index in [1.807, 2.05) is 56.3 Å². The molecule has 5 rings (SSSR count). The zero-order chi connectivity index (χ0) is 28.2. The number of aromatic carboxylic acids is 1. The Morgan fingerprint density at radius 3 is 2.50 bits per heavy atom. The summed E-state index contributed by atoms with van der Waals surface area (Å²) in [5, 5.41) is 24.3. The van der Waals surface area contributed by atoms with Crippen LogP contribution in [0.3, 0.4) is 0 Å². The number of H-pyrrole nitrogens is 1. The number of para-hydroxylation sites is 1. The molecule has 3 heterocycles. The summed E-state index contributed by atoms with van der Waals surface area (Å²) in [7, 11) is 0. The summed E-state index contributed by atoms with van der Waals surface area (Å²) in [5.41, 5.74) is 5.22. The van der Waals surface area contributed by atoms with Crippen molar-refractivity contribution in [3.63, 3.8) is 0 Å². The Balaban J connectivity index is 1.54. The van der Waals surface area contributed by atoms with Gasteiger partial charge >= 0.3 is 11.7 Å². The van der Waals surface area contributed by atoms with Gasteiger partial charge in [0.15, 0.2) is 0 Å². The molecule has 10 heteroatoms. The lowest BCUT2D eigenvalue weighted by Crippen LogP contribution is -2.26. The summed E-state index contributed by atoms with van der Waals surface area (Å²) < 4.78 is 3.23. The molecule has 0 aliphatic heterocycles. The minimum absolute atomic E-state index is 0.0377. The van der Waals surface area contributed by atoms with Crippen LogP contribution in [0.4, 0.5) is 0 Å². The lowest BCUT2D eigenvalue weighted by Gasteiger charge is -2.15. The SMILES string of the molecule is CCCCc1cn(-c2c(C(=O)O)cccc2C(C)C)c(=O)n1Cc1ccc(-c2ccccc2-c2nn[nH]n2)nc1. The second-order valence-electron chi connectivity index (χ2n) is 10.00. The van der Waals surface area contributed by atoms with Crippen LogP contribution in [0.5, 0.6) is 0 Å². The third-order valence-electron chi connectivity index (χ3n) is 6.96. The fourth-order valence-electron chi connectivity index (χ4n) is 4.92. The van der Waals surface area contributed by atoms with Gasteiger partial charge in [0.05, 0.1) is 23.5 Å². The number of rotatable bonds is 10. The zero-order valence-corrected chi connectivity index (χ0v) is 22.7. The number of carbonyl (C=O) groups is 1. The number of aromatic amines is 1. The number of nitrogens with zero attached hydrogens (tertiary/aromatic N) is 6. The lowest BCUT2D eigenvalue weighted by atomic mass is 9.97. The summed E-state index contributed by atoms with van der Waals surface area (Å²) in [6.07, 6.45) is 6.15. The first kappa shape index (κ1) is 26.7. The van der Waals surface area contributed by atoms with Gasteiger partial charge < -0.3 is 5.11 Å². The number of unbranched alkanes of at least 4 members (excludes halogenated alkanes) is 1. The van der Waals surface area contributed by atoms with Gasteiger partial charge in [0.1, 0.15) is 0 Å². The molecule has 3 aromatic heterocycles. The summed E-state index contributed by atoms with van der Waals surface area (Å²) >= 11 is 0. The van der Waals surface area contributed by atoms with E-state index in [-0.39, 0.29) is 17.2 Å². The molecule has 2 N–H and O–H groups in total. The van der Waals surface area contributed by atoms with E-state index in [2.05, 4.69) is 27.5 Å². The highest BCUT2D eigenvalue weighted by molar-refractivity contribution is 5.92. The Labute approximate surface area is 231 Å². The van der Waals surface area contributed by atoms with E-state index < -0.39 is 5.97 Å². The monoisotopic (exact) mass is 537 g/mol. The molecule has 0 fully saturated rings. The molecule has 0 saturated heterocycles. The highest BCUT2D eigenvalue weighted by Gasteiger charge is 2.22. The maximum Gasteiger partial charge on any atom is 0.337 e. The molecule has 0 spiro atoms. The predicted octanol–water partition coefficient (Wildman–Crippen LogP) is 5.09. The number of aryl methyl sites for hydroxylation is 1. The topological polar surface area (TPSA) is 132 Å². The maximum absolute atomic E-state index is 13.9. The van der Waals surface area contributed by atoms with Crippen molar-refractivity contribution < 1.29 is 9.90 Å². The van der Waals surface area contributed by atoms with E-state index in [1.54, 1.807) is 29.1 Å². The van der Waals surface area contributed by atoms with Crippen LogP contribution < -0.4 is 5.69 Å². The molecule has 0 unspecified atom stereocenters. The van der Waals surface area contributed by atoms with Gasteiger partial charge in [-0.3, -0.25) is 14.1 Å². The minimum Gasteiger partial charge on any atom is -0.478 e. The summed E-state index contributed by atoms with van der Waals surface area (Å²) in [4.78, 5) is 30.7. The van der Waals surface area contributed by atoms with Crippen LogP contribution in [0.2, 0.25) is 0 Å². The largest absolute Gasteiger partial charge is 0.478 e. The molecular formula is C30H31N7O3. The van der Waals surface area contributed by atoms with Crippen molar-refractivity contribution in [3.05, 3.63) is 99.9 Å². The molecular weight excluding hydrogens is 506 g/mol. The lowest BCUT2D eigenvalue weighted by molar-refractivity contribution is 0.0696. The van der Waals surface area contributed by atoms with Crippen LogP contribution in [-0.4, -0.2) is 45.8 Å². The number of carboxylic acid groups (broad SMARTS) is 1. The smallest absolute Gasteiger partial charge is 0.337 e. The number of nitrogens with one attached hydrogen (secondary N) is 1. The van der Waals surface area contributed by atoms with E-state index in [0.717, 1.165) is 46.5 Å². The molecule has 2 aromatic carbocycles. The number of imidazole rings is 1. The van der Waals surface area contributed by atoms with Crippen molar-refractivity contribution in [2.45, 2.75) is 52.5 Å². The minimum atomic E-state index is -1.06. The predicted molar refractivity (Wildman–Crippen MR) is 152 cm³/mol. The molecule has 0 bridgehead atoms. The second kappa shape index (κ2) is 11.5. The second-order valence-corrected chi connectivity index (χ2v) is 10.00. The van der Waals surface area contributed by atoms with Gasteiger partial charge in [-0.25, -0.2) is 9.59 Å². The van der Waals surface area contributed by atoms with Crippen LogP contribution in [0.15, 0.2) is 71.8 Å². The van der Waals surface area contributed by atoms with Gasteiger partial charge in [0, 0.05) is 29.2 Å². The summed E-state index contributed by atoms with van der Waals surface area (Å²) in [6, 6.07) is 16.7. The Hall–Kier alpha value is -4.86. The fraction of sp³-hybridized carbons (Fsp3) is 0.267. The summed E-state index contributed by atoms with van der Waals surface area (Å²) in [5.74, 6) is -0.541. The van der Waals surface area contributed by atoms with Crippen LogP contribution in [0.1, 0.15) is 66.7 Å². The molecule has 10 nitrogen and oxygen atoms in total. The number of aromatic nitrogens is 7. The molecule has 0 aliphatic carbocycles. The zero-order valence-electron chi connectivity index (χ0n) is 22.7. The number of pyridine rings is 1. The van der Waals surface area contributed by atoms with Gasteiger partial charge in [-0.15, -0.1) is 10.2 Å². The molecule has 0 saturated carbocycles. The third-order valence-corrected chi connectivity index (χ3v) is 6.96. The van der Waals surface area contributed by atoms with Crippen LogP contribution >= 0.6 is 0 Å². The van der Waals surface area contributed by atoms with Crippen molar-refractivity contribution in [1.82, 2.24) is 34.7 Å². The van der Waals surface area contributed by atoms with Gasteiger partial charge in [-0.1, -0.05) is 69.7 Å². The number of tetrazole rings is 1. The Morgan fingerprint density at radius 2 is 1.85 bits per heavy atom. The molecule has 204 valence electrons. The molecule has 0 aliphatic rings. The van der Waals surface area contributed by atoms with E-state index in [1.165, 1.54) is 4.57 Å². The van der Waals surface area contributed by atoms with Gasteiger partial charge in [0.2, 0.25) is 5.82 Å². The van der Waals surface area contributed by atoms with Crippen molar-refractivity contribution >= 4 is 5.97 Å². The van der Waals surface area contributed by atoms with E-state index in [0.29, 0.717) is 24.5 Å². The quantitative estimate of drug-likeness (QED) is 0.253. The third kappa shape index (κ3) is 5.20. The van der Waals surface area contributed by atoms with Crippen LogP contribution in [-0.2, 0) is 13.0 Å². The number of hydrogen-bond donors (Lipinski definition) is 2. The Bertz CT molecular complexity index is 1680. The van der Waals surface area contributed by atoms with E-state index in [9.17, 15) is 14.7 Å². The Kier molecular flexibility index (Phi) is 7.68. The number of benzene rings is 2. The van der Waals surface area contributed by atoms with Crippen molar-refractivity contribution in [2.24, 2.45) is 0 Å². The first-order chi connectivity index (χ1) is 19.4. The normalized spacial score (nSPS) is 11.3. The molecule has 0 atom stereocenters. The van der Waals surface area contributed by atoms with Gasteiger partial charge in [0.25, 0.3) is 0 Å². The van der Waals surface area contributed by atoms with Crippen LogP contribution in [0.25, 0.3) is 28.3 Å². The number of hydrogen-bond acceptors (Lipinski definition) is 6. The highest BCUT2D eigenvalue weighted by Crippen LogP contribution is 2.29. The molecule has 0 amide bonds. The highest BCUT2D eigenvalue weighted by atomic mass is 16.4. The number of carboxylic acids is 1.